The fourth-order valence-electron chi connectivity index (χ4n) is 4.99. The molecular weight excluding hydrogens is 411 g/mol. The fraction of sp³-hybridized carbons (Fsp3) is 0.947. The van der Waals surface area contributed by atoms with Crippen LogP contribution in [0.15, 0.2) is 4.99 Å². The number of guanidine groups is 1. The van der Waals surface area contributed by atoms with Crippen molar-refractivity contribution in [1.29, 1.82) is 0 Å². The summed E-state index contributed by atoms with van der Waals surface area (Å²) in [6.07, 6.45) is 11.2. The first-order chi connectivity index (χ1) is 11.2. The zero-order chi connectivity index (χ0) is 16.1. The summed E-state index contributed by atoms with van der Waals surface area (Å²) in [6, 6.07) is 0. The molecule has 0 aromatic rings. The van der Waals surface area contributed by atoms with Gasteiger partial charge in [-0.3, -0.25) is 4.99 Å². The number of nitrogens with zero attached hydrogens (tertiary/aromatic N) is 3. The van der Waals surface area contributed by atoms with Crippen LogP contribution in [-0.4, -0.2) is 62.1 Å². The van der Waals surface area contributed by atoms with E-state index in [9.17, 15) is 0 Å². The largest absolute Gasteiger partial charge is 0.356 e. The Labute approximate surface area is 165 Å². The predicted octanol–water partition coefficient (Wildman–Crippen LogP) is 3.57. The van der Waals surface area contributed by atoms with Gasteiger partial charge >= 0.3 is 0 Å². The third-order valence-corrected chi connectivity index (χ3v) is 6.32. The molecule has 0 radical (unpaired) electrons. The van der Waals surface area contributed by atoms with Crippen molar-refractivity contribution in [3.63, 3.8) is 0 Å². The summed E-state index contributed by atoms with van der Waals surface area (Å²) in [6.45, 7) is 9.62. The number of aliphatic imine (C=N–C) groups is 1. The molecule has 0 aromatic carbocycles. The summed E-state index contributed by atoms with van der Waals surface area (Å²) >= 11 is 0. The summed E-state index contributed by atoms with van der Waals surface area (Å²) in [5.74, 6) is 1.95. The van der Waals surface area contributed by atoms with Crippen LogP contribution >= 0.6 is 24.0 Å². The number of rotatable bonds is 4. The van der Waals surface area contributed by atoms with Crippen LogP contribution < -0.4 is 5.32 Å². The van der Waals surface area contributed by atoms with Gasteiger partial charge in [-0.2, -0.15) is 0 Å². The number of hydrogen-bond donors (Lipinski definition) is 1. The summed E-state index contributed by atoms with van der Waals surface area (Å²) in [5.41, 5.74) is 0.612. The molecule has 2 heterocycles. The average molecular weight is 448 g/mol. The molecule has 1 saturated carbocycles. The molecule has 1 spiro atoms. The lowest BCUT2D eigenvalue weighted by molar-refractivity contribution is 0.203. The van der Waals surface area contributed by atoms with Crippen molar-refractivity contribution >= 4 is 29.9 Å². The molecule has 2 aliphatic heterocycles. The predicted molar refractivity (Wildman–Crippen MR) is 113 cm³/mol. The first-order valence-electron chi connectivity index (χ1n) is 9.93. The second kappa shape index (κ2) is 9.60. The fourth-order valence-corrected chi connectivity index (χ4v) is 4.99. The van der Waals surface area contributed by atoms with E-state index in [4.69, 9.17) is 0 Å². The minimum absolute atomic E-state index is 0. The van der Waals surface area contributed by atoms with E-state index in [0.717, 1.165) is 18.4 Å². The van der Waals surface area contributed by atoms with Crippen LogP contribution in [0, 0.1) is 11.3 Å². The van der Waals surface area contributed by atoms with Crippen LogP contribution in [-0.2, 0) is 0 Å². The molecule has 1 atom stereocenters. The van der Waals surface area contributed by atoms with Crippen molar-refractivity contribution in [3.8, 4) is 0 Å². The summed E-state index contributed by atoms with van der Waals surface area (Å²) in [7, 11) is 1.95. The highest BCUT2D eigenvalue weighted by molar-refractivity contribution is 14.0. The van der Waals surface area contributed by atoms with Crippen molar-refractivity contribution in [2.75, 3.05) is 46.3 Å². The molecule has 24 heavy (non-hydrogen) atoms. The molecule has 0 bridgehead atoms. The van der Waals surface area contributed by atoms with Gasteiger partial charge in [0.05, 0.1) is 0 Å². The van der Waals surface area contributed by atoms with Gasteiger partial charge in [-0.15, -0.1) is 24.0 Å². The monoisotopic (exact) mass is 448 g/mol. The molecule has 0 amide bonds. The van der Waals surface area contributed by atoms with Gasteiger partial charge in [0.1, 0.15) is 0 Å². The lowest BCUT2D eigenvalue weighted by Crippen LogP contribution is -2.43. The summed E-state index contributed by atoms with van der Waals surface area (Å²) in [4.78, 5) is 9.73. The van der Waals surface area contributed by atoms with Gasteiger partial charge < -0.3 is 15.1 Å². The smallest absolute Gasteiger partial charge is 0.193 e. The molecule has 5 heteroatoms. The third-order valence-electron chi connectivity index (χ3n) is 6.32. The number of halogens is 1. The Morgan fingerprint density at radius 3 is 2.67 bits per heavy atom. The molecule has 1 aliphatic carbocycles. The van der Waals surface area contributed by atoms with Crippen LogP contribution in [0.5, 0.6) is 0 Å². The standard InChI is InChI=1S/C19H36N4.HI/c1-3-11-22-12-7-17(15-22)14-21-18(20-2)23-13-10-19(16-23)8-5-4-6-9-19;/h17H,3-16H2,1-2H3,(H,20,21);1H. The minimum Gasteiger partial charge on any atom is -0.356 e. The Morgan fingerprint density at radius 1 is 1.17 bits per heavy atom. The molecule has 0 aromatic heterocycles. The molecule has 2 saturated heterocycles. The maximum Gasteiger partial charge on any atom is 0.193 e. The number of likely N-dealkylation sites (tertiary alicyclic amines) is 2. The average Bonchev–Trinajstić information content (AvgIpc) is 3.17. The first-order valence-corrected chi connectivity index (χ1v) is 9.93. The van der Waals surface area contributed by atoms with E-state index >= 15 is 0 Å². The van der Waals surface area contributed by atoms with E-state index in [1.165, 1.54) is 84.1 Å². The van der Waals surface area contributed by atoms with Gasteiger partial charge in [-0.1, -0.05) is 26.2 Å². The highest BCUT2D eigenvalue weighted by Gasteiger charge is 2.39. The Balaban J connectivity index is 0.00000208. The Hall–Kier alpha value is -0.0400. The van der Waals surface area contributed by atoms with E-state index in [2.05, 4.69) is 27.0 Å². The SMILES string of the molecule is CCCN1CCC(CNC(=NC)N2CCC3(CCCCC3)C2)C1.I. The lowest BCUT2D eigenvalue weighted by Gasteiger charge is -2.33. The van der Waals surface area contributed by atoms with Crippen molar-refractivity contribution in [2.45, 2.75) is 58.3 Å². The zero-order valence-corrected chi connectivity index (χ0v) is 18.1. The molecular formula is C19H37IN4. The van der Waals surface area contributed by atoms with Gasteiger partial charge in [-0.25, -0.2) is 0 Å². The maximum atomic E-state index is 4.58. The summed E-state index contributed by atoms with van der Waals surface area (Å²) < 4.78 is 0. The van der Waals surface area contributed by atoms with Crippen LogP contribution in [0.2, 0.25) is 0 Å². The highest BCUT2D eigenvalue weighted by atomic mass is 127. The van der Waals surface area contributed by atoms with Crippen LogP contribution in [0.1, 0.15) is 58.3 Å². The second-order valence-corrected chi connectivity index (χ2v) is 8.12. The molecule has 140 valence electrons. The van der Waals surface area contributed by atoms with Crippen molar-refractivity contribution < 1.29 is 0 Å². The van der Waals surface area contributed by atoms with Crippen molar-refractivity contribution in [3.05, 3.63) is 0 Å². The second-order valence-electron chi connectivity index (χ2n) is 8.12. The minimum atomic E-state index is 0. The van der Waals surface area contributed by atoms with E-state index in [0.29, 0.717) is 5.41 Å². The Morgan fingerprint density at radius 2 is 1.96 bits per heavy atom. The molecule has 1 N–H and O–H groups in total. The Kier molecular flexibility index (Phi) is 8.11. The van der Waals surface area contributed by atoms with Crippen LogP contribution in [0.4, 0.5) is 0 Å². The van der Waals surface area contributed by atoms with E-state index in [1.54, 1.807) is 0 Å². The van der Waals surface area contributed by atoms with Crippen molar-refractivity contribution in [2.24, 2.45) is 16.3 Å². The summed E-state index contributed by atoms with van der Waals surface area (Å²) in [5, 5.41) is 3.69. The molecule has 3 aliphatic rings. The van der Waals surface area contributed by atoms with Gasteiger partial charge in [0.15, 0.2) is 5.96 Å². The van der Waals surface area contributed by atoms with E-state index in [1.807, 2.05) is 7.05 Å². The lowest BCUT2D eigenvalue weighted by atomic mass is 9.73. The quantitative estimate of drug-likeness (QED) is 0.405. The van der Waals surface area contributed by atoms with Gasteiger partial charge in [0.25, 0.3) is 0 Å². The van der Waals surface area contributed by atoms with E-state index in [-0.39, 0.29) is 24.0 Å². The van der Waals surface area contributed by atoms with E-state index < -0.39 is 0 Å². The third kappa shape index (κ3) is 4.99. The topological polar surface area (TPSA) is 30.9 Å². The number of hydrogen-bond acceptors (Lipinski definition) is 2. The molecule has 4 nitrogen and oxygen atoms in total. The zero-order valence-electron chi connectivity index (χ0n) is 15.7. The number of nitrogens with one attached hydrogen (secondary N) is 1. The first kappa shape index (κ1) is 20.3. The van der Waals surface area contributed by atoms with Gasteiger partial charge in [0.2, 0.25) is 0 Å². The molecule has 3 rings (SSSR count). The molecule has 3 fully saturated rings. The molecule has 1 unspecified atom stereocenters. The van der Waals surface area contributed by atoms with Crippen LogP contribution in [0.3, 0.4) is 0 Å². The highest BCUT2D eigenvalue weighted by Crippen LogP contribution is 2.43. The van der Waals surface area contributed by atoms with Crippen LogP contribution in [0.25, 0.3) is 0 Å². The normalized spacial score (nSPS) is 27.5. The maximum absolute atomic E-state index is 4.58. The van der Waals surface area contributed by atoms with Gasteiger partial charge in [-0.05, 0) is 56.5 Å². The van der Waals surface area contributed by atoms with Gasteiger partial charge in [0, 0.05) is 33.2 Å². The Bertz CT molecular complexity index is 406. The van der Waals surface area contributed by atoms with Crippen molar-refractivity contribution in [1.82, 2.24) is 15.1 Å².